The van der Waals surface area contributed by atoms with Crippen LogP contribution in [0, 0.1) is 0 Å². The van der Waals surface area contributed by atoms with Crippen LogP contribution in [-0.4, -0.2) is 28.9 Å². The maximum absolute atomic E-state index is 13.6. The Morgan fingerprint density at radius 1 is 0.964 bits per heavy atom. The summed E-state index contributed by atoms with van der Waals surface area (Å²) in [4.78, 5) is 29.6. The monoisotopic (exact) mass is 414 g/mol. The average molecular weight is 415 g/mol. The number of benzene rings is 2. The molecule has 1 unspecified atom stereocenters. The standard InChI is InChI=1S/C22H20Cl2N2O2/c1-3-10-22(15-16-8-6-5-7-9-16)20(27)26(21(28)25(22)11-4-2)19-13-17(23)12-18(24)14-19/h3-9,12-14H,1-2,10-11,15H2. The van der Waals surface area contributed by atoms with Gasteiger partial charge in [0.25, 0.3) is 5.91 Å². The Morgan fingerprint density at radius 2 is 1.61 bits per heavy atom. The predicted octanol–water partition coefficient (Wildman–Crippen LogP) is 5.51. The predicted molar refractivity (Wildman–Crippen MR) is 114 cm³/mol. The molecule has 0 aliphatic carbocycles. The van der Waals surface area contributed by atoms with Crippen LogP contribution < -0.4 is 4.90 Å². The van der Waals surface area contributed by atoms with Gasteiger partial charge in [0.1, 0.15) is 5.54 Å². The zero-order chi connectivity index (χ0) is 20.3. The molecule has 1 aliphatic rings. The molecule has 3 rings (SSSR count). The van der Waals surface area contributed by atoms with Gasteiger partial charge in [0.05, 0.1) is 5.69 Å². The fourth-order valence-electron chi connectivity index (χ4n) is 3.61. The Hall–Kier alpha value is -2.56. The highest BCUT2D eigenvalue weighted by atomic mass is 35.5. The molecule has 1 heterocycles. The molecule has 1 atom stereocenters. The zero-order valence-electron chi connectivity index (χ0n) is 15.3. The van der Waals surface area contributed by atoms with Crippen LogP contribution in [0.5, 0.6) is 0 Å². The molecule has 28 heavy (non-hydrogen) atoms. The molecule has 6 heteroatoms. The Morgan fingerprint density at radius 3 is 2.18 bits per heavy atom. The molecule has 0 N–H and O–H groups in total. The zero-order valence-corrected chi connectivity index (χ0v) is 16.8. The van der Waals surface area contributed by atoms with Crippen molar-refractivity contribution in [3.05, 3.63) is 89.4 Å². The molecule has 0 spiro atoms. The van der Waals surface area contributed by atoms with Crippen LogP contribution in [0.2, 0.25) is 10.0 Å². The lowest BCUT2D eigenvalue weighted by Crippen LogP contribution is -2.51. The lowest BCUT2D eigenvalue weighted by atomic mass is 9.85. The summed E-state index contributed by atoms with van der Waals surface area (Å²) in [5.41, 5.74) is 0.203. The van der Waals surface area contributed by atoms with E-state index < -0.39 is 11.6 Å². The molecule has 3 amide bonds. The molecule has 2 aromatic rings. The first-order valence-electron chi connectivity index (χ1n) is 8.81. The first-order valence-corrected chi connectivity index (χ1v) is 9.56. The lowest BCUT2D eigenvalue weighted by molar-refractivity contribution is -0.124. The largest absolute Gasteiger partial charge is 0.332 e. The molecule has 1 saturated heterocycles. The summed E-state index contributed by atoms with van der Waals surface area (Å²) >= 11 is 12.2. The molecule has 4 nitrogen and oxygen atoms in total. The Kier molecular flexibility index (Phi) is 5.92. The van der Waals surface area contributed by atoms with E-state index in [1.54, 1.807) is 35.3 Å². The number of rotatable bonds is 7. The van der Waals surface area contributed by atoms with Crippen LogP contribution in [0.3, 0.4) is 0 Å². The third kappa shape index (κ3) is 3.58. The molecule has 1 aliphatic heterocycles. The number of imide groups is 1. The highest BCUT2D eigenvalue weighted by Gasteiger charge is 2.56. The number of amides is 3. The Balaban J connectivity index is 2.13. The molecule has 0 aromatic heterocycles. The third-order valence-electron chi connectivity index (χ3n) is 4.78. The van der Waals surface area contributed by atoms with Gasteiger partial charge in [-0.15, -0.1) is 13.2 Å². The van der Waals surface area contributed by atoms with E-state index in [1.165, 1.54) is 0 Å². The maximum atomic E-state index is 13.6. The second kappa shape index (κ2) is 8.21. The summed E-state index contributed by atoms with van der Waals surface area (Å²) in [5.74, 6) is -0.332. The molecule has 0 saturated carbocycles. The second-order valence-electron chi connectivity index (χ2n) is 6.64. The van der Waals surface area contributed by atoms with E-state index in [2.05, 4.69) is 13.2 Å². The molecule has 144 valence electrons. The molecule has 1 fully saturated rings. The molecule has 0 bridgehead atoms. The van der Waals surface area contributed by atoms with Crippen LogP contribution in [-0.2, 0) is 11.2 Å². The normalized spacial score (nSPS) is 19.2. The quantitative estimate of drug-likeness (QED) is 0.442. The highest BCUT2D eigenvalue weighted by Crippen LogP contribution is 2.39. The molecular formula is C22H20Cl2N2O2. The Labute approximate surface area is 174 Å². The smallest absolute Gasteiger partial charge is 0.305 e. The van der Waals surface area contributed by atoms with Crippen molar-refractivity contribution in [1.82, 2.24) is 4.90 Å². The van der Waals surface area contributed by atoms with Gasteiger partial charge in [0.15, 0.2) is 0 Å². The minimum absolute atomic E-state index is 0.232. The van der Waals surface area contributed by atoms with Crippen molar-refractivity contribution in [2.45, 2.75) is 18.4 Å². The Bertz CT molecular complexity index is 909. The van der Waals surface area contributed by atoms with Gasteiger partial charge in [-0.1, -0.05) is 65.7 Å². The molecule has 2 aromatic carbocycles. The average Bonchev–Trinajstić information content (AvgIpc) is 2.84. The number of halogens is 2. The van der Waals surface area contributed by atoms with Gasteiger partial charge in [-0.3, -0.25) is 4.79 Å². The van der Waals surface area contributed by atoms with Gasteiger partial charge in [0, 0.05) is 23.0 Å². The van der Waals surface area contributed by atoms with E-state index in [-0.39, 0.29) is 12.5 Å². The van der Waals surface area contributed by atoms with Crippen LogP contribution >= 0.6 is 23.2 Å². The minimum atomic E-state index is -1.09. The van der Waals surface area contributed by atoms with E-state index in [0.717, 1.165) is 10.5 Å². The van der Waals surface area contributed by atoms with Crippen molar-refractivity contribution < 1.29 is 9.59 Å². The number of carbonyl (C=O) groups is 2. The van der Waals surface area contributed by atoms with Crippen molar-refractivity contribution in [1.29, 1.82) is 0 Å². The van der Waals surface area contributed by atoms with Crippen LogP contribution in [0.15, 0.2) is 73.8 Å². The third-order valence-corrected chi connectivity index (χ3v) is 5.22. The van der Waals surface area contributed by atoms with Crippen molar-refractivity contribution in [3.63, 3.8) is 0 Å². The van der Waals surface area contributed by atoms with Gasteiger partial charge in [-0.2, -0.15) is 0 Å². The number of urea groups is 1. The number of anilines is 1. The molecular weight excluding hydrogens is 395 g/mol. The SMILES string of the molecule is C=CCN1C(=O)N(c2cc(Cl)cc(Cl)c2)C(=O)C1(CC=C)Cc1ccccc1. The van der Waals surface area contributed by atoms with E-state index in [1.807, 2.05) is 30.3 Å². The van der Waals surface area contributed by atoms with Crippen molar-refractivity contribution >= 4 is 40.8 Å². The number of hydrogen-bond acceptors (Lipinski definition) is 2. The van der Waals surface area contributed by atoms with Crippen LogP contribution in [0.25, 0.3) is 0 Å². The first kappa shape index (κ1) is 20.2. The van der Waals surface area contributed by atoms with E-state index in [0.29, 0.717) is 28.6 Å². The van der Waals surface area contributed by atoms with E-state index in [9.17, 15) is 9.59 Å². The van der Waals surface area contributed by atoms with E-state index >= 15 is 0 Å². The fourth-order valence-corrected chi connectivity index (χ4v) is 4.12. The summed E-state index contributed by atoms with van der Waals surface area (Å²) in [6, 6.07) is 13.8. The van der Waals surface area contributed by atoms with Gasteiger partial charge in [0.2, 0.25) is 0 Å². The number of carbonyl (C=O) groups excluding carboxylic acids is 2. The van der Waals surface area contributed by atoms with Crippen molar-refractivity contribution in [3.8, 4) is 0 Å². The topological polar surface area (TPSA) is 40.6 Å². The maximum Gasteiger partial charge on any atom is 0.332 e. The highest BCUT2D eigenvalue weighted by molar-refractivity contribution is 6.35. The minimum Gasteiger partial charge on any atom is -0.305 e. The summed E-state index contributed by atoms with van der Waals surface area (Å²) in [5, 5.41) is 0.699. The fraction of sp³-hybridized carbons (Fsp3) is 0.182. The summed E-state index contributed by atoms with van der Waals surface area (Å²) in [6.07, 6.45) is 3.95. The van der Waals surface area contributed by atoms with Gasteiger partial charge >= 0.3 is 6.03 Å². The van der Waals surface area contributed by atoms with Crippen LogP contribution in [0.1, 0.15) is 12.0 Å². The lowest BCUT2D eigenvalue weighted by Gasteiger charge is -2.34. The van der Waals surface area contributed by atoms with Crippen molar-refractivity contribution in [2.75, 3.05) is 11.4 Å². The van der Waals surface area contributed by atoms with Gasteiger partial charge in [-0.25, -0.2) is 9.69 Å². The first-order chi connectivity index (χ1) is 13.4. The van der Waals surface area contributed by atoms with Gasteiger partial charge < -0.3 is 4.90 Å². The summed E-state index contributed by atoms with van der Waals surface area (Å²) < 4.78 is 0. The molecule has 0 radical (unpaired) electrons. The number of hydrogen-bond donors (Lipinski definition) is 0. The van der Waals surface area contributed by atoms with Crippen LogP contribution in [0.4, 0.5) is 10.5 Å². The summed E-state index contributed by atoms with van der Waals surface area (Å²) in [6.45, 7) is 7.80. The van der Waals surface area contributed by atoms with E-state index in [4.69, 9.17) is 23.2 Å². The summed E-state index contributed by atoms with van der Waals surface area (Å²) in [7, 11) is 0. The van der Waals surface area contributed by atoms with Crippen molar-refractivity contribution in [2.24, 2.45) is 0 Å². The second-order valence-corrected chi connectivity index (χ2v) is 7.51. The number of nitrogens with zero attached hydrogens (tertiary/aromatic N) is 2. The van der Waals surface area contributed by atoms with Gasteiger partial charge in [-0.05, 0) is 30.2 Å².